The quantitative estimate of drug-likeness (QED) is 0.736. The third-order valence-corrected chi connectivity index (χ3v) is 2.74. The first kappa shape index (κ1) is 10.7. The van der Waals surface area contributed by atoms with Gasteiger partial charge in [0.15, 0.2) is 0 Å². The summed E-state index contributed by atoms with van der Waals surface area (Å²) in [5.74, 6) is 0.763. The number of nitrogens with zero attached hydrogens (tertiary/aromatic N) is 2. The maximum Gasteiger partial charge on any atom is 0.149 e. The van der Waals surface area contributed by atoms with Crippen LogP contribution in [0, 0.1) is 6.92 Å². The minimum Gasteiger partial charge on any atom is -0.339 e. The zero-order valence-corrected chi connectivity index (χ0v) is 10.1. The summed E-state index contributed by atoms with van der Waals surface area (Å²) in [5, 5.41) is 3.26. The molecule has 0 saturated carbocycles. The van der Waals surface area contributed by atoms with Crippen LogP contribution in [-0.4, -0.2) is 9.97 Å². The zero-order valence-electron chi connectivity index (χ0n) is 10.1. The topological polar surface area (TPSA) is 37.8 Å². The number of para-hydroxylation sites is 2. The molecule has 3 heteroatoms. The molecule has 0 atom stereocenters. The van der Waals surface area contributed by atoms with Gasteiger partial charge in [-0.2, -0.15) is 0 Å². The number of fused-ring (bicyclic) bond motifs is 1. The minimum atomic E-state index is 0.763. The summed E-state index contributed by atoms with van der Waals surface area (Å²) < 4.78 is 0. The predicted octanol–water partition coefficient (Wildman–Crippen LogP) is 3.68. The van der Waals surface area contributed by atoms with Crippen molar-refractivity contribution >= 4 is 22.5 Å². The first-order chi connectivity index (χ1) is 8.81. The molecule has 1 N–H and O–H groups in total. The Morgan fingerprint density at radius 2 is 1.78 bits per heavy atom. The lowest BCUT2D eigenvalue weighted by Crippen LogP contribution is -1.95. The van der Waals surface area contributed by atoms with Crippen LogP contribution < -0.4 is 5.32 Å². The van der Waals surface area contributed by atoms with E-state index in [1.54, 1.807) is 6.20 Å². The zero-order chi connectivity index (χ0) is 12.4. The molecular formula is C15H13N3. The number of nitrogens with one attached hydrogen (secondary N) is 1. The Kier molecular flexibility index (Phi) is 2.65. The highest BCUT2D eigenvalue weighted by Crippen LogP contribution is 2.17. The lowest BCUT2D eigenvalue weighted by Gasteiger charge is -2.06. The summed E-state index contributed by atoms with van der Waals surface area (Å²) in [6.07, 6.45) is 1.75. The Morgan fingerprint density at radius 1 is 0.944 bits per heavy atom. The highest BCUT2D eigenvalue weighted by Gasteiger charge is 1.99. The van der Waals surface area contributed by atoms with Gasteiger partial charge in [0.2, 0.25) is 0 Å². The van der Waals surface area contributed by atoms with Gasteiger partial charge in [-0.3, -0.25) is 4.98 Å². The number of aromatic nitrogens is 2. The number of hydrogen-bond donors (Lipinski definition) is 1. The van der Waals surface area contributed by atoms with Crippen molar-refractivity contribution < 1.29 is 0 Å². The largest absolute Gasteiger partial charge is 0.339 e. The standard InChI is InChI=1S/C15H13N3/c1-11-5-4-6-12(9-11)17-15-10-16-13-7-2-3-8-14(13)18-15/h2-10H,1H3,(H,17,18). The van der Waals surface area contributed by atoms with Crippen LogP contribution in [0.4, 0.5) is 11.5 Å². The second-order valence-electron chi connectivity index (χ2n) is 4.24. The van der Waals surface area contributed by atoms with Crippen LogP contribution >= 0.6 is 0 Å². The van der Waals surface area contributed by atoms with Gasteiger partial charge >= 0.3 is 0 Å². The molecule has 3 nitrogen and oxygen atoms in total. The molecule has 2 aromatic carbocycles. The van der Waals surface area contributed by atoms with Crippen LogP contribution in [0.15, 0.2) is 54.7 Å². The van der Waals surface area contributed by atoms with Crippen molar-refractivity contribution in [1.29, 1.82) is 0 Å². The average molecular weight is 235 g/mol. The smallest absolute Gasteiger partial charge is 0.149 e. The molecule has 1 aromatic heterocycles. The maximum absolute atomic E-state index is 4.53. The summed E-state index contributed by atoms with van der Waals surface area (Å²) in [4.78, 5) is 8.90. The fourth-order valence-corrected chi connectivity index (χ4v) is 1.89. The normalized spacial score (nSPS) is 10.5. The van der Waals surface area contributed by atoms with Crippen LogP contribution in [0.2, 0.25) is 0 Å². The second kappa shape index (κ2) is 4.45. The van der Waals surface area contributed by atoms with Crippen LogP contribution in [-0.2, 0) is 0 Å². The first-order valence-corrected chi connectivity index (χ1v) is 5.87. The lowest BCUT2D eigenvalue weighted by molar-refractivity contribution is 1.28. The molecule has 0 fully saturated rings. The molecule has 0 unspecified atom stereocenters. The van der Waals surface area contributed by atoms with Crippen molar-refractivity contribution in [3.05, 3.63) is 60.3 Å². The van der Waals surface area contributed by atoms with Crippen LogP contribution in [0.5, 0.6) is 0 Å². The van der Waals surface area contributed by atoms with Crippen molar-refractivity contribution in [2.45, 2.75) is 6.92 Å². The molecule has 3 rings (SSSR count). The summed E-state index contributed by atoms with van der Waals surface area (Å²) in [5.41, 5.74) is 4.05. The molecule has 0 spiro atoms. The van der Waals surface area contributed by atoms with Gasteiger partial charge < -0.3 is 5.32 Å². The number of rotatable bonds is 2. The molecule has 0 amide bonds. The van der Waals surface area contributed by atoms with E-state index < -0.39 is 0 Å². The molecule has 1 heterocycles. The third-order valence-electron chi connectivity index (χ3n) is 2.74. The molecule has 0 saturated heterocycles. The predicted molar refractivity (Wildman–Crippen MR) is 74.0 cm³/mol. The van der Waals surface area contributed by atoms with Gasteiger partial charge in [-0.15, -0.1) is 0 Å². The molecule has 0 aliphatic carbocycles. The fourth-order valence-electron chi connectivity index (χ4n) is 1.89. The summed E-state index contributed by atoms with van der Waals surface area (Å²) in [7, 11) is 0. The Balaban J connectivity index is 1.95. The summed E-state index contributed by atoms with van der Waals surface area (Å²) in [6.45, 7) is 2.07. The van der Waals surface area contributed by atoms with Crippen molar-refractivity contribution in [2.75, 3.05) is 5.32 Å². The number of benzene rings is 2. The maximum atomic E-state index is 4.53. The second-order valence-corrected chi connectivity index (χ2v) is 4.24. The van der Waals surface area contributed by atoms with E-state index >= 15 is 0 Å². The number of anilines is 2. The third kappa shape index (κ3) is 2.15. The van der Waals surface area contributed by atoms with E-state index in [-0.39, 0.29) is 0 Å². The average Bonchev–Trinajstić information content (AvgIpc) is 2.39. The van der Waals surface area contributed by atoms with E-state index in [1.165, 1.54) is 5.56 Å². The van der Waals surface area contributed by atoms with Gasteiger partial charge in [0.05, 0.1) is 17.2 Å². The van der Waals surface area contributed by atoms with Gasteiger partial charge in [0.1, 0.15) is 5.82 Å². The highest BCUT2D eigenvalue weighted by atomic mass is 15.0. The Bertz CT molecular complexity index is 692. The van der Waals surface area contributed by atoms with E-state index in [2.05, 4.69) is 34.3 Å². The fraction of sp³-hybridized carbons (Fsp3) is 0.0667. The van der Waals surface area contributed by atoms with E-state index in [0.29, 0.717) is 0 Å². The first-order valence-electron chi connectivity index (χ1n) is 5.87. The lowest BCUT2D eigenvalue weighted by atomic mass is 10.2. The van der Waals surface area contributed by atoms with E-state index in [0.717, 1.165) is 22.5 Å². The molecular weight excluding hydrogens is 222 g/mol. The van der Waals surface area contributed by atoms with Crippen LogP contribution in [0.1, 0.15) is 5.56 Å². The Morgan fingerprint density at radius 3 is 2.61 bits per heavy atom. The van der Waals surface area contributed by atoms with Crippen LogP contribution in [0.3, 0.4) is 0 Å². The molecule has 0 bridgehead atoms. The van der Waals surface area contributed by atoms with Crippen LogP contribution in [0.25, 0.3) is 11.0 Å². The monoisotopic (exact) mass is 235 g/mol. The number of aryl methyl sites for hydroxylation is 1. The number of hydrogen-bond acceptors (Lipinski definition) is 3. The molecule has 18 heavy (non-hydrogen) atoms. The summed E-state index contributed by atoms with van der Waals surface area (Å²) >= 11 is 0. The highest BCUT2D eigenvalue weighted by molar-refractivity contribution is 5.76. The summed E-state index contributed by atoms with van der Waals surface area (Å²) in [6, 6.07) is 16.0. The van der Waals surface area contributed by atoms with Crippen molar-refractivity contribution in [3.63, 3.8) is 0 Å². The van der Waals surface area contributed by atoms with E-state index in [9.17, 15) is 0 Å². The van der Waals surface area contributed by atoms with Crippen molar-refractivity contribution in [1.82, 2.24) is 9.97 Å². The van der Waals surface area contributed by atoms with Gasteiger partial charge in [-0.05, 0) is 36.8 Å². The Labute approximate surface area is 106 Å². The Hall–Kier alpha value is -2.42. The van der Waals surface area contributed by atoms with Crippen molar-refractivity contribution in [2.24, 2.45) is 0 Å². The SMILES string of the molecule is Cc1cccc(Nc2cnc3ccccc3n2)c1. The molecule has 0 aliphatic heterocycles. The van der Waals surface area contributed by atoms with Gasteiger partial charge in [0, 0.05) is 5.69 Å². The minimum absolute atomic E-state index is 0.763. The van der Waals surface area contributed by atoms with E-state index in [4.69, 9.17) is 0 Å². The van der Waals surface area contributed by atoms with Gasteiger partial charge in [-0.25, -0.2) is 4.98 Å². The molecule has 3 aromatic rings. The molecule has 88 valence electrons. The van der Waals surface area contributed by atoms with Gasteiger partial charge in [-0.1, -0.05) is 24.3 Å². The molecule has 0 radical (unpaired) electrons. The van der Waals surface area contributed by atoms with Crippen molar-refractivity contribution in [3.8, 4) is 0 Å². The van der Waals surface area contributed by atoms with E-state index in [1.807, 2.05) is 36.4 Å². The van der Waals surface area contributed by atoms with Gasteiger partial charge in [0.25, 0.3) is 0 Å². The molecule has 0 aliphatic rings.